The van der Waals surface area contributed by atoms with Crippen LogP contribution in [0.2, 0.25) is 0 Å². The molecule has 0 saturated heterocycles. The van der Waals surface area contributed by atoms with Gasteiger partial charge in [0.25, 0.3) is 0 Å². The predicted molar refractivity (Wildman–Crippen MR) is 65.0 cm³/mol. The fraction of sp³-hybridized carbons (Fsp3) is 0.500. The average molecular weight is 209 g/mol. The Bertz CT molecular complexity index is 312. The highest BCUT2D eigenvalue weighted by atomic mass is 32.1. The van der Waals surface area contributed by atoms with Crippen molar-refractivity contribution in [2.75, 3.05) is 6.54 Å². The Labute approximate surface area is 90.9 Å². The van der Waals surface area contributed by atoms with Crippen molar-refractivity contribution in [2.45, 2.75) is 33.7 Å². The fourth-order valence-electron chi connectivity index (χ4n) is 1.55. The lowest BCUT2D eigenvalue weighted by atomic mass is 10.1. The van der Waals surface area contributed by atoms with Crippen molar-refractivity contribution in [3.8, 4) is 0 Å². The highest BCUT2D eigenvalue weighted by Gasteiger charge is 2.09. The Morgan fingerprint density at radius 1 is 1.50 bits per heavy atom. The molecule has 1 heterocycles. The molecule has 0 radical (unpaired) electrons. The van der Waals surface area contributed by atoms with Gasteiger partial charge in [0.05, 0.1) is 0 Å². The molecule has 78 valence electrons. The first-order valence-electron chi connectivity index (χ1n) is 5.06. The maximum Gasteiger partial charge on any atom is 0.0305 e. The molecule has 0 amide bonds. The molecular weight excluding hydrogens is 190 g/mol. The summed E-state index contributed by atoms with van der Waals surface area (Å²) in [4.78, 5) is 2.83. The van der Waals surface area contributed by atoms with E-state index in [2.05, 4.69) is 44.3 Å². The van der Waals surface area contributed by atoms with Gasteiger partial charge >= 0.3 is 0 Å². The van der Waals surface area contributed by atoms with Gasteiger partial charge in [0, 0.05) is 22.3 Å². The minimum Gasteiger partial charge on any atom is -0.307 e. The molecule has 0 aromatic carbocycles. The van der Waals surface area contributed by atoms with Crippen LogP contribution in [0.4, 0.5) is 0 Å². The number of allylic oxidation sites excluding steroid dienone is 1. The SMILES string of the molecule is C/C=C/CNC(C)c1cc(C)sc1C. The second-order valence-corrected chi connectivity index (χ2v) is 5.03. The van der Waals surface area contributed by atoms with E-state index in [-0.39, 0.29) is 0 Å². The first-order chi connectivity index (χ1) is 6.65. The molecule has 0 fully saturated rings. The number of aryl methyl sites for hydroxylation is 2. The molecule has 1 aromatic rings. The third-order valence-corrected chi connectivity index (χ3v) is 3.31. The van der Waals surface area contributed by atoms with E-state index in [4.69, 9.17) is 0 Å². The van der Waals surface area contributed by atoms with Gasteiger partial charge in [-0.2, -0.15) is 0 Å². The standard InChI is InChI=1S/C12H19NS/c1-5-6-7-13-10(3)12-8-9(2)14-11(12)4/h5-6,8,10,13H,7H2,1-4H3/b6-5+. The number of thiophene rings is 1. The molecule has 0 bridgehead atoms. The molecule has 14 heavy (non-hydrogen) atoms. The topological polar surface area (TPSA) is 12.0 Å². The molecule has 1 atom stereocenters. The lowest BCUT2D eigenvalue weighted by Crippen LogP contribution is -2.18. The summed E-state index contributed by atoms with van der Waals surface area (Å²) in [5.74, 6) is 0. The number of hydrogen-bond acceptors (Lipinski definition) is 2. The second-order valence-electron chi connectivity index (χ2n) is 3.57. The summed E-state index contributed by atoms with van der Waals surface area (Å²) in [6, 6.07) is 2.74. The van der Waals surface area contributed by atoms with Gasteiger partial charge in [0.1, 0.15) is 0 Å². The monoisotopic (exact) mass is 209 g/mol. The van der Waals surface area contributed by atoms with Crippen molar-refractivity contribution in [3.05, 3.63) is 33.5 Å². The van der Waals surface area contributed by atoms with Gasteiger partial charge in [-0.1, -0.05) is 12.2 Å². The van der Waals surface area contributed by atoms with E-state index in [1.165, 1.54) is 15.3 Å². The molecule has 1 nitrogen and oxygen atoms in total. The largest absolute Gasteiger partial charge is 0.307 e. The van der Waals surface area contributed by atoms with Crippen LogP contribution in [-0.4, -0.2) is 6.54 Å². The minimum atomic E-state index is 0.455. The van der Waals surface area contributed by atoms with Crippen LogP contribution in [0.25, 0.3) is 0 Å². The van der Waals surface area contributed by atoms with Gasteiger partial charge in [-0.3, -0.25) is 0 Å². The Hall–Kier alpha value is -0.600. The average Bonchev–Trinajstić information content (AvgIpc) is 2.45. The van der Waals surface area contributed by atoms with Crippen LogP contribution in [0, 0.1) is 13.8 Å². The first-order valence-corrected chi connectivity index (χ1v) is 5.88. The van der Waals surface area contributed by atoms with Gasteiger partial charge in [0.15, 0.2) is 0 Å². The zero-order valence-electron chi connectivity index (χ0n) is 9.42. The molecular formula is C12H19NS. The Kier molecular flexibility index (Phi) is 4.36. The van der Waals surface area contributed by atoms with E-state index in [0.717, 1.165) is 6.54 Å². The molecule has 0 aliphatic carbocycles. The van der Waals surface area contributed by atoms with E-state index in [1.807, 2.05) is 18.3 Å². The number of nitrogens with one attached hydrogen (secondary N) is 1. The molecule has 1 unspecified atom stereocenters. The summed E-state index contributed by atoms with van der Waals surface area (Å²) in [6.07, 6.45) is 4.22. The molecule has 0 saturated carbocycles. The van der Waals surface area contributed by atoms with Crippen LogP contribution < -0.4 is 5.32 Å². The maximum absolute atomic E-state index is 3.47. The summed E-state index contributed by atoms with van der Waals surface area (Å²) in [5, 5.41) is 3.47. The van der Waals surface area contributed by atoms with Crippen molar-refractivity contribution in [2.24, 2.45) is 0 Å². The lowest BCUT2D eigenvalue weighted by Gasteiger charge is -2.11. The van der Waals surface area contributed by atoms with Crippen molar-refractivity contribution in [3.63, 3.8) is 0 Å². The lowest BCUT2D eigenvalue weighted by molar-refractivity contribution is 0.616. The van der Waals surface area contributed by atoms with Crippen LogP contribution in [0.15, 0.2) is 18.2 Å². The van der Waals surface area contributed by atoms with Crippen molar-refractivity contribution >= 4 is 11.3 Å². The van der Waals surface area contributed by atoms with Gasteiger partial charge in [-0.25, -0.2) is 0 Å². The third kappa shape index (κ3) is 2.96. The summed E-state index contributed by atoms with van der Waals surface area (Å²) in [7, 11) is 0. The quantitative estimate of drug-likeness (QED) is 0.747. The highest BCUT2D eigenvalue weighted by molar-refractivity contribution is 7.12. The van der Waals surface area contributed by atoms with Crippen LogP contribution in [-0.2, 0) is 0 Å². The zero-order valence-corrected chi connectivity index (χ0v) is 10.2. The molecule has 1 aromatic heterocycles. The molecule has 1 rings (SSSR count). The van der Waals surface area contributed by atoms with Crippen molar-refractivity contribution < 1.29 is 0 Å². The van der Waals surface area contributed by atoms with Crippen molar-refractivity contribution in [1.82, 2.24) is 5.32 Å². The highest BCUT2D eigenvalue weighted by Crippen LogP contribution is 2.25. The Balaban J connectivity index is 2.59. The summed E-state index contributed by atoms with van der Waals surface area (Å²) < 4.78 is 0. The Morgan fingerprint density at radius 3 is 2.71 bits per heavy atom. The normalized spacial score (nSPS) is 13.7. The van der Waals surface area contributed by atoms with E-state index in [0.29, 0.717) is 6.04 Å². The molecule has 0 aliphatic heterocycles. The third-order valence-electron chi connectivity index (χ3n) is 2.32. The predicted octanol–water partition coefficient (Wildman–Crippen LogP) is 3.59. The van der Waals surface area contributed by atoms with Gasteiger partial charge in [0.2, 0.25) is 0 Å². The van der Waals surface area contributed by atoms with Crippen molar-refractivity contribution in [1.29, 1.82) is 0 Å². The van der Waals surface area contributed by atoms with E-state index < -0.39 is 0 Å². The van der Waals surface area contributed by atoms with Crippen LogP contribution in [0.5, 0.6) is 0 Å². The Morgan fingerprint density at radius 2 is 2.21 bits per heavy atom. The van der Waals surface area contributed by atoms with E-state index >= 15 is 0 Å². The smallest absolute Gasteiger partial charge is 0.0305 e. The second kappa shape index (κ2) is 5.32. The summed E-state index contributed by atoms with van der Waals surface area (Å²) in [6.45, 7) is 9.58. The molecule has 1 N–H and O–H groups in total. The molecule has 0 aliphatic rings. The van der Waals surface area contributed by atoms with Gasteiger partial charge < -0.3 is 5.32 Å². The fourth-order valence-corrected chi connectivity index (χ4v) is 2.58. The van der Waals surface area contributed by atoms with Gasteiger partial charge in [-0.05, 0) is 39.3 Å². The summed E-state index contributed by atoms with van der Waals surface area (Å²) >= 11 is 1.88. The number of rotatable bonds is 4. The number of hydrogen-bond donors (Lipinski definition) is 1. The van der Waals surface area contributed by atoms with Crippen LogP contribution in [0.3, 0.4) is 0 Å². The molecule has 2 heteroatoms. The van der Waals surface area contributed by atoms with Crippen LogP contribution in [0.1, 0.15) is 35.2 Å². The first kappa shape index (κ1) is 11.5. The van der Waals surface area contributed by atoms with E-state index in [9.17, 15) is 0 Å². The van der Waals surface area contributed by atoms with E-state index in [1.54, 1.807) is 0 Å². The van der Waals surface area contributed by atoms with Crippen LogP contribution >= 0.6 is 11.3 Å². The molecule has 0 spiro atoms. The minimum absolute atomic E-state index is 0.455. The maximum atomic E-state index is 3.47. The zero-order chi connectivity index (χ0) is 10.6. The summed E-state index contributed by atoms with van der Waals surface area (Å²) in [5.41, 5.74) is 1.44. The van der Waals surface area contributed by atoms with Gasteiger partial charge in [-0.15, -0.1) is 11.3 Å².